The lowest BCUT2D eigenvalue weighted by atomic mass is 10.1. The quantitative estimate of drug-likeness (QED) is 0.856. The summed E-state index contributed by atoms with van der Waals surface area (Å²) in [5.41, 5.74) is 1.40. The summed E-state index contributed by atoms with van der Waals surface area (Å²) in [4.78, 5) is 12.4. The number of hydrogen-bond acceptors (Lipinski definition) is 2. The maximum absolute atomic E-state index is 12.4. The molecule has 2 aromatic carbocycles. The van der Waals surface area contributed by atoms with E-state index < -0.39 is 0 Å². The van der Waals surface area contributed by atoms with Crippen LogP contribution in [0.3, 0.4) is 0 Å². The zero-order valence-corrected chi connectivity index (χ0v) is 14.0. The molecule has 0 bridgehead atoms. The molecule has 0 aromatic heterocycles. The highest BCUT2D eigenvalue weighted by Crippen LogP contribution is 2.25. The molecule has 0 radical (unpaired) electrons. The predicted octanol–water partition coefficient (Wildman–Crippen LogP) is 4.60. The van der Waals surface area contributed by atoms with Gasteiger partial charge in [0.15, 0.2) is 0 Å². The molecule has 0 heterocycles. The average molecular weight is 369 g/mol. The van der Waals surface area contributed by atoms with E-state index >= 15 is 0 Å². The fourth-order valence-corrected chi connectivity index (χ4v) is 2.71. The molecule has 1 amide bonds. The Balaban J connectivity index is 2.20. The zero-order valence-electron chi connectivity index (χ0n) is 11.7. The molecule has 2 rings (SSSR count). The minimum absolute atomic E-state index is 0.187. The summed E-state index contributed by atoms with van der Waals surface area (Å²) < 4.78 is 5.86. The second-order valence-electron chi connectivity index (χ2n) is 4.56. The van der Waals surface area contributed by atoms with Crippen molar-refractivity contribution < 1.29 is 9.53 Å². The molecule has 0 spiro atoms. The number of carbonyl (C=O) groups excluding carboxylic acids is 1. The Bertz CT molecular complexity index is 660. The topological polar surface area (TPSA) is 38.3 Å². The smallest absolute Gasteiger partial charge is 0.253 e. The van der Waals surface area contributed by atoms with Crippen molar-refractivity contribution in [3.05, 3.63) is 63.1 Å². The molecule has 21 heavy (non-hydrogen) atoms. The molecule has 1 N–H and O–H groups in total. The summed E-state index contributed by atoms with van der Waals surface area (Å²) in [6.45, 7) is 1.90. The van der Waals surface area contributed by atoms with Crippen LogP contribution in [0.1, 0.15) is 28.9 Å². The molecule has 110 valence electrons. The van der Waals surface area contributed by atoms with Gasteiger partial charge in [-0.2, -0.15) is 0 Å². The Morgan fingerprint density at radius 2 is 2.00 bits per heavy atom. The predicted molar refractivity (Wildman–Crippen MR) is 88.0 cm³/mol. The Kier molecular flexibility index (Phi) is 5.26. The second kappa shape index (κ2) is 6.96. The number of nitrogens with one attached hydrogen (secondary N) is 1. The van der Waals surface area contributed by atoms with Gasteiger partial charge in [0.25, 0.3) is 5.91 Å². The largest absolute Gasteiger partial charge is 0.497 e. The molecule has 0 fully saturated rings. The van der Waals surface area contributed by atoms with Crippen molar-refractivity contribution in [3.8, 4) is 5.75 Å². The lowest BCUT2D eigenvalue weighted by Crippen LogP contribution is -2.27. The standard InChI is InChI=1S/C16H15BrClNO2/c1-10(12-5-3-4-6-15(12)18)19-16(20)13-9-11(21-2)7-8-14(13)17/h3-10H,1-2H3,(H,19,20). The van der Waals surface area contributed by atoms with Gasteiger partial charge >= 0.3 is 0 Å². The maximum atomic E-state index is 12.4. The first-order valence-electron chi connectivity index (χ1n) is 6.41. The van der Waals surface area contributed by atoms with Crippen LogP contribution in [0.4, 0.5) is 0 Å². The van der Waals surface area contributed by atoms with Gasteiger partial charge < -0.3 is 10.1 Å². The van der Waals surface area contributed by atoms with Crippen LogP contribution in [-0.2, 0) is 0 Å². The van der Waals surface area contributed by atoms with Crippen molar-refractivity contribution >= 4 is 33.4 Å². The van der Waals surface area contributed by atoms with E-state index in [1.807, 2.05) is 25.1 Å². The Hall–Kier alpha value is -1.52. The molecule has 1 unspecified atom stereocenters. The number of benzene rings is 2. The number of methoxy groups -OCH3 is 1. The first-order valence-corrected chi connectivity index (χ1v) is 7.59. The van der Waals surface area contributed by atoms with E-state index in [9.17, 15) is 4.79 Å². The van der Waals surface area contributed by atoms with Crippen LogP contribution < -0.4 is 10.1 Å². The minimum Gasteiger partial charge on any atom is -0.497 e. The number of halogens is 2. The van der Waals surface area contributed by atoms with Crippen molar-refractivity contribution in [2.45, 2.75) is 13.0 Å². The van der Waals surface area contributed by atoms with Crippen LogP contribution in [-0.4, -0.2) is 13.0 Å². The van der Waals surface area contributed by atoms with Crippen LogP contribution in [0.5, 0.6) is 5.75 Å². The van der Waals surface area contributed by atoms with Crippen LogP contribution in [0.2, 0.25) is 5.02 Å². The summed E-state index contributed by atoms with van der Waals surface area (Å²) in [6, 6.07) is 12.5. The number of amides is 1. The summed E-state index contributed by atoms with van der Waals surface area (Å²) in [5, 5.41) is 3.57. The SMILES string of the molecule is COc1ccc(Br)c(C(=O)NC(C)c2ccccc2Cl)c1. The van der Waals surface area contributed by atoms with Crippen LogP contribution in [0.15, 0.2) is 46.9 Å². The molecule has 1 atom stereocenters. The van der Waals surface area contributed by atoms with Gasteiger partial charge in [0.1, 0.15) is 5.75 Å². The average Bonchev–Trinajstić information content (AvgIpc) is 2.48. The third kappa shape index (κ3) is 3.77. The van der Waals surface area contributed by atoms with Crippen LogP contribution >= 0.6 is 27.5 Å². The lowest BCUT2D eigenvalue weighted by Gasteiger charge is -2.16. The Morgan fingerprint density at radius 1 is 1.29 bits per heavy atom. The third-order valence-electron chi connectivity index (χ3n) is 3.14. The van der Waals surface area contributed by atoms with Gasteiger partial charge in [0.05, 0.1) is 18.7 Å². The molecule has 3 nitrogen and oxygen atoms in total. The highest BCUT2D eigenvalue weighted by Gasteiger charge is 2.16. The highest BCUT2D eigenvalue weighted by atomic mass is 79.9. The first kappa shape index (κ1) is 15.9. The molecular formula is C16H15BrClNO2. The molecular weight excluding hydrogens is 354 g/mol. The molecule has 0 saturated heterocycles. The van der Waals surface area contributed by atoms with Gasteiger partial charge in [-0.05, 0) is 52.7 Å². The van der Waals surface area contributed by atoms with Gasteiger partial charge in [0.2, 0.25) is 0 Å². The molecule has 5 heteroatoms. The normalized spacial score (nSPS) is 11.8. The number of ether oxygens (including phenoxy) is 1. The van der Waals surface area contributed by atoms with E-state index in [4.69, 9.17) is 16.3 Å². The maximum Gasteiger partial charge on any atom is 0.253 e. The first-order chi connectivity index (χ1) is 10.0. The van der Waals surface area contributed by atoms with Gasteiger partial charge in [0, 0.05) is 9.50 Å². The molecule has 0 saturated carbocycles. The third-order valence-corrected chi connectivity index (χ3v) is 4.17. The minimum atomic E-state index is -0.190. The van der Waals surface area contributed by atoms with Gasteiger partial charge in [-0.3, -0.25) is 4.79 Å². The second-order valence-corrected chi connectivity index (χ2v) is 5.82. The highest BCUT2D eigenvalue weighted by molar-refractivity contribution is 9.10. The Morgan fingerprint density at radius 3 is 2.67 bits per heavy atom. The van der Waals surface area contributed by atoms with E-state index in [-0.39, 0.29) is 11.9 Å². The summed E-state index contributed by atoms with van der Waals surface area (Å²) in [6.07, 6.45) is 0. The summed E-state index contributed by atoms with van der Waals surface area (Å²) in [7, 11) is 1.57. The summed E-state index contributed by atoms with van der Waals surface area (Å²) in [5.74, 6) is 0.446. The fourth-order valence-electron chi connectivity index (χ4n) is 1.98. The monoisotopic (exact) mass is 367 g/mol. The van der Waals surface area contributed by atoms with Crippen LogP contribution in [0, 0.1) is 0 Å². The van der Waals surface area contributed by atoms with E-state index in [1.165, 1.54) is 0 Å². The van der Waals surface area contributed by atoms with E-state index in [0.29, 0.717) is 20.8 Å². The van der Waals surface area contributed by atoms with Gasteiger partial charge in [-0.15, -0.1) is 0 Å². The zero-order chi connectivity index (χ0) is 15.4. The van der Waals surface area contributed by atoms with Crippen molar-refractivity contribution in [1.82, 2.24) is 5.32 Å². The van der Waals surface area contributed by atoms with E-state index in [1.54, 1.807) is 31.4 Å². The molecule has 0 aliphatic rings. The number of hydrogen-bond donors (Lipinski definition) is 1. The van der Waals surface area contributed by atoms with Crippen molar-refractivity contribution in [2.75, 3.05) is 7.11 Å². The van der Waals surface area contributed by atoms with E-state index in [2.05, 4.69) is 21.2 Å². The molecule has 0 aliphatic carbocycles. The van der Waals surface area contributed by atoms with Gasteiger partial charge in [-0.1, -0.05) is 29.8 Å². The van der Waals surface area contributed by atoms with Crippen LogP contribution in [0.25, 0.3) is 0 Å². The summed E-state index contributed by atoms with van der Waals surface area (Å²) >= 11 is 9.53. The molecule has 2 aromatic rings. The Labute approximate surface area is 137 Å². The number of carbonyl (C=O) groups is 1. The number of rotatable bonds is 4. The van der Waals surface area contributed by atoms with E-state index in [0.717, 1.165) is 5.56 Å². The lowest BCUT2D eigenvalue weighted by molar-refractivity contribution is 0.0939. The van der Waals surface area contributed by atoms with Crippen molar-refractivity contribution in [2.24, 2.45) is 0 Å². The van der Waals surface area contributed by atoms with Crippen molar-refractivity contribution in [1.29, 1.82) is 0 Å². The molecule has 0 aliphatic heterocycles. The van der Waals surface area contributed by atoms with Crippen molar-refractivity contribution in [3.63, 3.8) is 0 Å². The van der Waals surface area contributed by atoms with Gasteiger partial charge in [-0.25, -0.2) is 0 Å². The fraction of sp³-hybridized carbons (Fsp3) is 0.188.